The van der Waals surface area contributed by atoms with Crippen LogP contribution in [0.25, 0.3) is 0 Å². The SMILES string of the molecule is O=C(CCCC(=O)c1ccc(F)cc1)NCCCc1cccnc1. The van der Waals surface area contributed by atoms with Gasteiger partial charge in [0.15, 0.2) is 5.78 Å². The zero-order valence-corrected chi connectivity index (χ0v) is 13.5. The lowest BCUT2D eigenvalue weighted by Gasteiger charge is -2.05. The highest BCUT2D eigenvalue weighted by Crippen LogP contribution is 2.08. The van der Waals surface area contributed by atoms with E-state index in [0.29, 0.717) is 24.9 Å². The Morgan fingerprint density at radius 2 is 1.83 bits per heavy atom. The van der Waals surface area contributed by atoms with Gasteiger partial charge in [0.25, 0.3) is 0 Å². The van der Waals surface area contributed by atoms with Crippen LogP contribution in [0.15, 0.2) is 48.8 Å². The summed E-state index contributed by atoms with van der Waals surface area (Å²) in [5, 5.41) is 2.85. The molecule has 1 aromatic heterocycles. The van der Waals surface area contributed by atoms with Crippen LogP contribution in [0, 0.1) is 5.82 Å². The summed E-state index contributed by atoms with van der Waals surface area (Å²) < 4.78 is 12.8. The van der Waals surface area contributed by atoms with Crippen molar-refractivity contribution in [1.29, 1.82) is 0 Å². The molecular weight excluding hydrogens is 307 g/mol. The molecule has 0 saturated heterocycles. The molecule has 2 rings (SSSR count). The fourth-order valence-electron chi connectivity index (χ4n) is 2.34. The third-order valence-electron chi connectivity index (χ3n) is 3.66. The van der Waals surface area contributed by atoms with E-state index >= 15 is 0 Å². The van der Waals surface area contributed by atoms with Crippen LogP contribution in [0.1, 0.15) is 41.6 Å². The van der Waals surface area contributed by atoms with E-state index in [4.69, 9.17) is 0 Å². The Hall–Kier alpha value is -2.56. The number of nitrogens with one attached hydrogen (secondary N) is 1. The van der Waals surface area contributed by atoms with Crippen LogP contribution in [0.2, 0.25) is 0 Å². The third kappa shape index (κ3) is 6.28. The van der Waals surface area contributed by atoms with E-state index in [1.807, 2.05) is 18.3 Å². The van der Waals surface area contributed by atoms with Gasteiger partial charge in [-0.2, -0.15) is 0 Å². The number of ketones is 1. The molecule has 0 fully saturated rings. The van der Waals surface area contributed by atoms with Crippen molar-refractivity contribution < 1.29 is 14.0 Å². The number of aromatic nitrogens is 1. The van der Waals surface area contributed by atoms with Gasteiger partial charge in [-0.1, -0.05) is 6.07 Å². The topological polar surface area (TPSA) is 59.1 Å². The van der Waals surface area contributed by atoms with E-state index in [1.165, 1.54) is 24.3 Å². The maximum absolute atomic E-state index is 12.8. The third-order valence-corrected chi connectivity index (χ3v) is 3.66. The number of nitrogens with zero attached hydrogens (tertiary/aromatic N) is 1. The Morgan fingerprint density at radius 3 is 2.54 bits per heavy atom. The summed E-state index contributed by atoms with van der Waals surface area (Å²) in [5.41, 5.74) is 1.63. The number of Topliss-reactive ketones (excluding diaryl/α,β-unsaturated/α-hetero) is 1. The van der Waals surface area contributed by atoms with Gasteiger partial charge in [-0.3, -0.25) is 14.6 Å². The molecule has 0 aliphatic heterocycles. The number of aryl methyl sites for hydroxylation is 1. The van der Waals surface area contributed by atoms with Crippen molar-refractivity contribution in [2.24, 2.45) is 0 Å². The molecule has 1 N–H and O–H groups in total. The van der Waals surface area contributed by atoms with Crippen LogP contribution in [0.5, 0.6) is 0 Å². The standard InChI is InChI=1S/C19H21FN2O2/c20-17-10-8-16(9-11-17)18(23)6-1-7-19(24)22-13-3-5-15-4-2-12-21-14-15/h2,4,8-12,14H,1,3,5-7,13H2,(H,22,24). The lowest BCUT2D eigenvalue weighted by atomic mass is 10.1. The largest absolute Gasteiger partial charge is 0.356 e. The minimum absolute atomic E-state index is 0.0481. The molecule has 0 unspecified atom stereocenters. The number of rotatable bonds is 9. The number of halogens is 1. The summed E-state index contributed by atoms with van der Waals surface area (Å²) in [5.74, 6) is -0.482. The number of hydrogen-bond donors (Lipinski definition) is 1. The van der Waals surface area contributed by atoms with E-state index < -0.39 is 0 Å². The summed E-state index contributed by atoms with van der Waals surface area (Å²) in [6.07, 6.45) is 6.38. The Labute approximate surface area is 141 Å². The number of amides is 1. The Morgan fingerprint density at radius 1 is 1.04 bits per heavy atom. The van der Waals surface area contributed by atoms with Gasteiger partial charge in [0, 0.05) is 37.3 Å². The summed E-state index contributed by atoms with van der Waals surface area (Å²) in [6, 6.07) is 9.37. The first-order valence-corrected chi connectivity index (χ1v) is 8.09. The molecular formula is C19H21FN2O2. The smallest absolute Gasteiger partial charge is 0.220 e. The van der Waals surface area contributed by atoms with Gasteiger partial charge in [0.2, 0.25) is 5.91 Å². The zero-order valence-electron chi connectivity index (χ0n) is 13.5. The van der Waals surface area contributed by atoms with Gasteiger partial charge in [-0.05, 0) is 55.2 Å². The average molecular weight is 328 g/mol. The Kier molecular flexibility index (Phi) is 7.08. The minimum Gasteiger partial charge on any atom is -0.356 e. The van der Waals surface area contributed by atoms with Crippen LogP contribution >= 0.6 is 0 Å². The molecule has 1 aromatic carbocycles. The second kappa shape index (κ2) is 9.55. The summed E-state index contributed by atoms with van der Waals surface area (Å²) in [7, 11) is 0. The molecule has 5 heteroatoms. The van der Waals surface area contributed by atoms with Crippen LogP contribution in [-0.2, 0) is 11.2 Å². The highest BCUT2D eigenvalue weighted by Gasteiger charge is 2.07. The number of pyridine rings is 1. The quantitative estimate of drug-likeness (QED) is 0.567. The van der Waals surface area contributed by atoms with Crippen molar-refractivity contribution >= 4 is 11.7 Å². The predicted molar refractivity (Wildman–Crippen MR) is 90.1 cm³/mol. The van der Waals surface area contributed by atoms with Crippen LogP contribution in [0.4, 0.5) is 4.39 Å². The number of hydrogen-bond acceptors (Lipinski definition) is 3. The lowest BCUT2D eigenvalue weighted by Crippen LogP contribution is -2.24. The summed E-state index contributed by atoms with van der Waals surface area (Å²) >= 11 is 0. The zero-order chi connectivity index (χ0) is 17.2. The summed E-state index contributed by atoms with van der Waals surface area (Å²) in [4.78, 5) is 27.7. The first-order valence-electron chi connectivity index (χ1n) is 8.09. The lowest BCUT2D eigenvalue weighted by molar-refractivity contribution is -0.121. The Balaban J connectivity index is 1.58. The average Bonchev–Trinajstić information content (AvgIpc) is 2.60. The number of benzene rings is 1. The van der Waals surface area contributed by atoms with Crippen LogP contribution in [-0.4, -0.2) is 23.2 Å². The molecule has 0 aliphatic rings. The van der Waals surface area contributed by atoms with Crippen LogP contribution < -0.4 is 5.32 Å². The fraction of sp³-hybridized carbons (Fsp3) is 0.316. The number of carbonyl (C=O) groups is 2. The van der Waals surface area contributed by atoms with Crippen molar-refractivity contribution in [1.82, 2.24) is 10.3 Å². The molecule has 2 aromatic rings. The first-order chi connectivity index (χ1) is 11.6. The number of carbonyl (C=O) groups excluding carboxylic acids is 2. The molecule has 24 heavy (non-hydrogen) atoms. The molecule has 0 spiro atoms. The molecule has 0 aliphatic carbocycles. The van der Waals surface area contributed by atoms with E-state index in [2.05, 4.69) is 10.3 Å². The predicted octanol–water partition coefficient (Wildman–Crippen LogP) is 3.32. The van der Waals surface area contributed by atoms with Gasteiger partial charge in [-0.25, -0.2) is 4.39 Å². The van der Waals surface area contributed by atoms with E-state index in [-0.39, 0.29) is 23.9 Å². The highest BCUT2D eigenvalue weighted by atomic mass is 19.1. The van der Waals surface area contributed by atoms with E-state index in [9.17, 15) is 14.0 Å². The van der Waals surface area contributed by atoms with Gasteiger partial charge < -0.3 is 5.32 Å². The maximum atomic E-state index is 12.8. The molecule has 0 saturated carbocycles. The highest BCUT2D eigenvalue weighted by molar-refractivity contribution is 5.96. The second-order valence-electron chi connectivity index (χ2n) is 5.60. The normalized spacial score (nSPS) is 10.4. The molecule has 0 bridgehead atoms. The maximum Gasteiger partial charge on any atom is 0.220 e. The van der Waals surface area contributed by atoms with Crippen molar-refractivity contribution in [3.05, 3.63) is 65.7 Å². The molecule has 4 nitrogen and oxygen atoms in total. The minimum atomic E-state index is -0.364. The Bertz CT molecular complexity index is 657. The fourth-order valence-corrected chi connectivity index (χ4v) is 2.34. The van der Waals surface area contributed by atoms with E-state index in [0.717, 1.165) is 18.4 Å². The second-order valence-corrected chi connectivity index (χ2v) is 5.60. The van der Waals surface area contributed by atoms with Gasteiger partial charge >= 0.3 is 0 Å². The van der Waals surface area contributed by atoms with Gasteiger partial charge in [-0.15, -0.1) is 0 Å². The molecule has 1 heterocycles. The van der Waals surface area contributed by atoms with Crippen molar-refractivity contribution in [3.63, 3.8) is 0 Å². The first kappa shape index (κ1) is 17.8. The van der Waals surface area contributed by atoms with Crippen LogP contribution in [0.3, 0.4) is 0 Å². The molecule has 0 atom stereocenters. The molecule has 0 radical (unpaired) electrons. The van der Waals surface area contributed by atoms with Gasteiger partial charge in [0.05, 0.1) is 0 Å². The van der Waals surface area contributed by atoms with Crippen molar-refractivity contribution in [3.8, 4) is 0 Å². The van der Waals surface area contributed by atoms with Gasteiger partial charge in [0.1, 0.15) is 5.82 Å². The van der Waals surface area contributed by atoms with E-state index in [1.54, 1.807) is 6.20 Å². The van der Waals surface area contributed by atoms with Crippen molar-refractivity contribution in [2.75, 3.05) is 6.54 Å². The molecule has 126 valence electrons. The monoisotopic (exact) mass is 328 g/mol. The molecule has 1 amide bonds. The van der Waals surface area contributed by atoms with Crippen molar-refractivity contribution in [2.45, 2.75) is 32.1 Å². The summed E-state index contributed by atoms with van der Waals surface area (Å²) in [6.45, 7) is 0.611.